The van der Waals surface area contributed by atoms with Crippen molar-refractivity contribution in [1.82, 2.24) is 10.2 Å². The zero-order valence-corrected chi connectivity index (χ0v) is 25.4. The molecule has 0 aromatic carbocycles. The molecule has 0 aliphatic carbocycles. The standard InChI is InChI=1S/C32H64N2O3/c1-5-7-9-11-13-15-17-19-21-23-25-27-31(35)37-30(32(36)33-28-29-34(3)4)26-24-22-20-18-16-14-12-10-8-6-2/h30H,5-29H2,1-4H3,(H,33,36). The van der Waals surface area contributed by atoms with E-state index in [-0.39, 0.29) is 11.9 Å². The summed E-state index contributed by atoms with van der Waals surface area (Å²) in [4.78, 5) is 27.2. The lowest BCUT2D eigenvalue weighted by atomic mass is 10.0. The van der Waals surface area contributed by atoms with Gasteiger partial charge in [-0.1, -0.05) is 136 Å². The van der Waals surface area contributed by atoms with E-state index in [0.29, 0.717) is 19.4 Å². The Morgan fingerprint density at radius 3 is 1.46 bits per heavy atom. The zero-order valence-electron chi connectivity index (χ0n) is 25.4. The molecule has 0 radical (unpaired) electrons. The molecule has 0 bridgehead atoms. The number of unbranched alkanes of at least 4 members (excludes halogenated alkanes) is 19. The van der Waals surface area contributed by atoms with Crippen molar-refractivity contribution in [3.8, 4) is 0 Å². The van der Waals surface area contributed by atoms with Crippen LogP contribution in [-0.2, 0) is 14.3 Å². The molecule has 0 heterocycles. The molecule has 0 aliphatic rings. The van der Waals surface area contributed by atoms with Gasteiger partial charge in [0.2, 0.25) is 0 Å². The maximum Gasteiger partial charge on any atom is 0.306 e. The summed E-state index contributed by atoms with van der Waals surface area (Å²) in [6.07, 6.45) is 26.8. The van der Waals surface area contributed by atoms with Gasteiger partial charge >= 0.3 is 5.97 Å². The van der Waals surface area contributed by atoms with Crippen LogP contribution in [0.2, 0.25) is 0 Å². The fourth-order valence-electron chi connectivity index (χ4n) is 4.73. The molecular formula is C32H64N2O3. The highest BCUT2D eigenvalue weighted by Gasteiger charge is 2.22. The molecule has 0 saturated carbocycles. The number of likely N-dealkylation sites (N-methyl/N-ethyl adjacent to an activating group) is 1. The molecule has 0 aromatic heterocycles. The number of esters is 1. The van der Waals surface area contributed by atoms with Gasteiger partial charge in [0.25, 0.3) is 5.91 Å². The van der Waals surface area contributed by atoms with Gasteiger partial charge in [-0.15, -0.1) is 0 Å². The fourth-order valence-corrected chi connectivity index (χ4v) is 4.73. The summed E-state index contributed by atoms with van der Waals surface area (Å²) in [6.45, 7) is 5.88. The number of carbonyl (C=O) groups is 2. The lowest BCUT2D eigenvalue weighted by Crippen LogP contribution is -2.40. The van der Waals surface area contributed by atoms with Crippen LogP contribution in [0, 0.1) is 0 Å². The first-order valence-electron chi connectivity index (χ1n) is 16.1. The van der Waals surface area contributed by atoms with E-state index in [1.54, 1.807) is 0 Å². The number of carbonyl (C=O) groups excluding carboxylic acids is 2. The van der Waals surface area contributed by atoms with Crippen molar-refractivity contribution in [3.63, 3.8) is 0 Å². The first-order chi connectivity index (χ1) is 18.0. The van der Waals surface area contributed by atoms with E-state index in [1.807, 2.05) is 19.0 Å². The fraction of sp³-hybridized carbons (Fsp3) is 0.938. The maximum atomic E-state index is 12.7. The van der Waals surface area contributed by atoms with E-state index in [9.17, 15) is 9.59 Å². The van der Waals surface area contributed by atoms with Crippen LogP contribution in [0.5, 0.6) is 0 Å². The number of rotatable bonds is 28. The van der Waals surface area contributed by atoms with Crippen LogP contribution in [0.25, 0.3) is 0 Å². The molecule has 37 heavy (non-hydrogen) atoms. The Bertz CT molecular complexity index is 510. The zero-order chi connectivity index (χ0) is 27.4. The summed E-state index contributed by atoms with van der Waals surface area (Å²) in [5.74, 6) is -0.346. The van der Waals surface area contributed by atoms with Crippen LogP contribution in [0.15, 0.2) is 0 Å². The van der Waals surface area contributed by atoms with Crippen LogP contribution in [0.1, 0.15) is 162 Å². The molecule has 0 spiro atoms. The third-order valence-corrected chi connectivity index (χ3v) is 7.23. The number of hydrogen-bond donors (Lipinski definition) is 1. The Morgan fingerprint density at radius 2 is 1.03 bits per heavy atom. The predicted octanol–water partition coefficient (Wildman–Crippen LogP) is 8.59. The number of ether oxygens (including phenoxy) is 1. The number of hydrogen-bond acceptors (Lipinski definition) is 4. The molecule has 0 rings (SSSR count). The second kappa shape index (κ2) is 27.9. The molecule has 220 valence electrons. The third kappa shape index (κ3) is 26.3. The molecular weight excluding hydrogens is 460 g/mol. The van der Waals surface area contributed by atoms with Crippen molar-refractivity contribution in [2.75, 3.05) is 27.2 Å². The van der Waals surface area contributed by atoms with E-state index < -0.39 is 6.10 Å². The molecule has 1 amide bonds. The van der Waals surface area contributed by atoms with Crippen LogP contribution < -0.4 is 5.32 Å². The summed E-state index contributed by atoms with van der Waals surface area (Å²) in [7, 11) is 3.97. The van der Waals surface area contributed by atoms with Crippen LogP contribution in [0.4, 0.5) is 0 Å². The Balaban J connectivity index is 4.09. The van der Waals surface area contributed by atoms with Crippen LogP contribution in [0.3, 0.4) is 0 Å². The minimum absolute atomic E-state index is 0.134. The van der Waals surface area contributed by atoms with Crippen molar-refractivity contribution in [2.24, 2.45) is 0 Å². The van der Waals surface area contributed by atoms with E-state index in [4.69, 9.17) is 4.74 Å². The summed E-state index contributed by atoms with van der Waals surface area (Å²) in [6, 6.07) is 0. The van der Waals surface area contributed by atoms with E-state index in [2.05, 4.69) is 19.2 Å². The molecule has 0 saturated heterocycles. The van der Waals surface area contributed by atoms with Gasteiger partial charge in [-0.25, -0.2) is 0 Å². The van der Waals surface area contributed by atoms with E-state index in [0.717, 1.165) is 32.2 Å². The summed E-state index contributed by atoms with van der Waals surface area (Å²) in [5.41, 5.74) is 0. The minimum Gasteiger partial charge on any atom is -0.452 e. The second-order valence-electron chi connectivity index (χ2n) is 11.3. The SMILES string of the molecule is CCCCCCCCCCCCCC(=O)OC(CCCCCCCCCCCC)C(=O)NCCN(C)C. The van der Waals surface area contributed by atoms with Gasteiger partial charge in [-0.05, 0) is 33.4 Å². The largest absolute Gasteiger partial charge is 0.452 e. The summed E-state index contributed by atoms with van der Waals surface area (Å²) < 4.78 is 5.68. The highest BCUT2D eigenvalue weighted by atomic mass is 16.5. The van der Waals surface area contributed by atoms with E-state index in [1.165, 1.54) is 109 Å². The van der Waals surface area contributed by atoms with Crippen LogP contribution in [-0.4, -0.2) is 50.1 Å². The van der Waals surface area contributed by atoms with Crippen molar-refractivity contribution in [1.29, 1.82) is 0 Å². The summed E-state index contributed by atoms with van der Waals surface area (Å²) >= 11 is 0. The molecule has 1 unspecified atom stereocenters. The van der Waals surface area contributed by atoms with Gasteiger partial charge in [-0.2, -0.15) is 0 Å². The predicted molar refractivity (Wildman–Crippen MR) is 159 cm³/mol. The highest BCUT2D eigenvalue weighted by Crippen LogP contribution is 2.15. The average molecular weight is 525 g/mol. The van der Waals surface area contributed by atoms with Gasteiger partial charge in [0.15, 0.2) is 6.10 Å². The van der Waals surface area contributed by atoms with E-state index >= 15 is 0 Å². The molecule has 0 aliphatic heterocycles. The topological polar surface area (TPSA) is 58.6 Å². The van der Waals surface area contributed by atoms with Gasteiger partial charge < -0.3 is 15.0 Å². The first kappa shape index (κ1) is 35.9. The minimum atomic E-state index is -0.642. The van der Waals surface area contributed by atoms with Gasteiger partial charge in [0.1, 0.15) is 0 Å². The summed E-state index contributed by atoms with van der Waals surface area (Å²) in [5, 5.41) is 2.96. The van der Waals surface area contributed by atoms with Crippen molar-refractivity contribution in [3.05, 3.63) is 0 Å². The maximum absolute atomic E-state index is 12.7. The Labute approximate surface area is 231 Å². The monoisotopic (exact) mass is 524 g/mol. The quantitative estimate of drug-likeness (QED) is 0.0822. The van der Waals surface area contributed by atoms with Gasteiger partial charge in [-0.3, -0.25) is 9.59 Å². The lowest BCUT2D eigenvalue weighted by Gasteiger charge is -2.18. The van der Waals surface area contributed by atoms with Crippen molar-refractivity contribution < 1.29 is 14.3 Å². The number of amides is 1. The molecule has 1 atom stereocenters. The molecule has 5 heteroatoms. The lowest BCUT2D eigenvalue weighted by molar-refractivity contribution is -0.156. The molecule has 5 nitrogen and oxygen atoms in total. The number of nitrogens with one attached hydrogen (secondary N) is 1. The van der Waals surface area contributed by atoms with Crippen molar-refractivity contribution >= 4 is 11.9 Å². The number of nitrogens with zero attached hydrogens (tertiary/aromatic N) is 1. The molecule has 1 N–H and O–H groups in total. The highest BCUT2D eigenvalue weighted by molar-refractivity contribution is 5.83. The Morgan fingerprint density at radius 1 is 0.622 bits per heavy atom. The van der Waals surface area contributed by atoms with Crippen LogP contribution >= 0.6 is 0 Å². The van der Waals surface area contributed by atoms with Gasteiger partial charge in [0, 0.05) is 19.5 Å². The van der Waals surface area contributed by atoms with Crippen molar-refractivity contribution in [2.45, 2.75) is 168 Å². The Kier molecular flexibility index (Phi) is 27.1. The van der Waals surface area contributed by atoms with Gasteiger partial charge in [0.05, 0.1) is 0 Å². The molecule has 0 aromatic rings. The smallest absolute Gasteiger partial charge is 0.306 e. The molecule has 0 fully saturated rings. The Hall–Kier alpha value is -1.10. The average Bonchev–Trinajstić information content (AvgIpc) is 2.87. The second-order valence-corrected chi connectivity index (χ2v) is 11.3. The first-order valence-corrected chi connectivity index (χ1v) is 16.1. The normalized spacial score (nSPS) is 12.1. The third-order valence-electron chi connectivity index (χ3n) is 7.23.